The predicted molar refractivity (Wildman–Crippen MR) is 108 cm³/mol. The molecule has 0 unspecified atom stereocenters. The number of fused-ring (bicyclic) bond motifs is 1. The van der Waals surface area contributed by atoms with Gasteiger partial charge in [-0.3, -0.25) is 19.7 Å². The van der Waals surface area contributed by atoms with Gasteiger partial charge in [0, 0.05) is 17.7 Å². The molecule has 180 valence electrons. The monoisotopic (exact) mass is 482 g/mol. The molecule has 14 heteroatoms. The Kier molecular flexibility index (Phi) is 7.09. The van der Waals surface area contributed by atoms with Crippen molar-refractivity contribution in [1.82, 2.24) is 0 Å². The molecular weight excluding hydrogens is 466 g/mol. The number of rotatable bonds is 9. The molecule has 0 aromatic heterocycles. The van der Waals surface area contributed by atoms with Gasteiger partial charge in [-0.2, -0.15) is 8.78 Å². The third kappa shape index (κ3) is 5.28. The highest BCUT2D eigenvalue weighted by molar-refractivity contribution is 6.05. The van der Waals surface area contributed by atoms with Crippen LogP contribution in [-0.4, -0.2) is 49.7 Å². The fourth-order valence-electron chi connectivity index (χ4n) is 2.94. The number of carbonyl (C=O) groups is 3. The largest absolute Gasteiger partial charge is 0.493 e. The SMILES string of the molecule is COc1cc(C(=O)OCC(=O)Nc2cc3c(cc2C(C)=O)OCO3)c([N+](=O)[O-])cc1OC(F)F. The van der Waals surface area contributed by atoms with Crippen molar-refractivity contribution in [3.8, 4) is 23.0 Å². The summed E-state index contributed by atoms with van der Waals surface area (Å²) in [5.41, 5.74) is -1.39. The van der Waals surface area contributed by atoms with E-state index >= 15 is 0 Å². The van der Waals surface area contributed by atoms with E-state index in [1.54, 1.807) is 0 Å². The Morgan fingerprint density at radius 3 is 2.38 bits per heavy atom. The maximum atomic E-state index is 12.5. The number of hydrogen-bond donors (Lipinski definition) is 1. The first-order chi connectivity index (χ1) is 16.1. The lowest BCUT2D eigenvalue weighted by Gasteiger charge is -2.13. The van der Waals surface area contributed by atoms with E-state index in [1.165, 1.54) is 19.1 Å². The molecule has 0 atom stereocenters. The Morgan fingerprint density at radius 1 is 1.12 bits per heavy atom. The van der Waals surface area contributed by atoms with Crippen LogP contribution in [0.3, 0.4) is 0 Å². The lowest BCUT2D eigenvalue weighted by Crippen LogP contribution is -2.22. The van der Waals surface area contributed by atoms with Crippen molar-refractivity contribution in [1.29, 1.82) is 0 Å². The third-order valence-corrected chi connectivity index (χ3v) is 4.42. The summed E-state index contributed by atoms with van der Waals surface area (Å²) < 4.78 is 49.3. The second-order valence-corrected chi connectivity index (χ2v) is 6.59. The van der Waals surface area contributed by atoms with Gasteiger partial charge in [0.05, 0.1) is 23.8 Å². The molecule has 1 heterocycles. The summed E-state index contributed by atoms with van der Waals surface area (Å²) in [5, 5.41) is 13.7. The molecule has 1 N–H and O–H groups in total. The van der Waals surface area contributed by atoms with Crippen molar-refractivity contribution in [2.45, 2.75) is 13.5 Å². The van der Waals surface area contributed by atoms with E-state index in [-0.39, 0.29) is 29.6 Å². The fraction of sp³-hybridized carbons (Fsp3) is 0.250. The second kappa shape index (κ2) is 9.97. The number of nitrogens with zero attached hydrogens (tertiary/aromatic N) is 1. The molecule has 0 fully saturated rings. The average Bonchev–Trinajstić information content (AvgIpc) is 3.23. The highest BCUT2D eigenvalue weighted by Crippen LogP contribution is 2.38. The molecule has 0 aliphatic carbocycles. The summed E-state index contributed by atoms with van der Waals surface area (Å²) >= 11 is 0. The van der Waals surface area contributed by atoms with E-state index in [1.807, 2.05) is 0 Å². The van der Waals surface area contributed by atoms with Crippen LogP contribution in [0.1, 0.15) is 27.6 Å². The van der Waals surface area contributed by atoms with Crippen LogP contribution >= 0.6 is 0 Å². The van der Waals surface area contributed by atoms with Crippen LogP contribution in [0.4, 0.5) is 20.2 Å². The number of alkyl halides is 2. The molecule has 1 amide bonds. The van der Waals surface area contributed by atoms with E-state index < -0.39 is 52.8 Å². The van der Waals surface area contributed by atoms with Crippen molar-refractivity contribution < 1.29 is 51.8 Å². The fourth-order valence-corrected chi connectivity index (χ4v) is 2.94. The van der Waals surface area contributed by atoms with Gasteiger partial charge in [-0.1, -0.05) is 0 Å². The maximum absolute atomic E-state index is 12.5. The van der Waals surface area contributed by atoms with E-state index in [0.717, 1.165) is 13.2 Å². The van der Waals surface area contributed by atoms with Gasteiger partial charge in [0.1, 0.15) is 5.56 Å². The number of ketones is 1. The smallest absolute Gasteiger partial charge is 0.387 e. The normalized spacial score (nSPS) is 11.7. The number of Topliss-reactive ketones (excluding diaryl/α,β-unsaturated/α-hetero) is 1. The molecule has 0 saturated carbocycles. The molecule has 0 saturated heterocycles. The number of hydrogen-bond acceptors (Lipinski definition) is 10. The molecule has 34 heavy (non-hydrogen) atoms. The lowest BCUT2D eigenvalue weighted by atomic mass is 10.1. The molecule has 12 nitrogen and oxygen atoms in total. The van der Waals surface area contributed by atoms with Crippen molar-refractivity contribution in [2.24, 2.45) is 0 Å². The van der Waals surface area contributed by atoms with Crippen molar-refractivity contribution >= 4 is 29.0 Å². The van der Waals surface area contributed by atoms with Gasteiger partial charge in [-0.25, -0.2) is 4.79 Å². The molecule has 3 rings (SSSR count). The number of amides is 1. The number of methoxy groups -OCH3 is 1. The number of ether oxygens (including phenoxy) is 5. The highest BCUT2D eigenvalue weighted by atomic mass is 19.3. The summed E-state index contributed by atoms with van der Waals surface area (Å²) in [6.45, 7) is -2.99. The van der Waals surface area contributed by atoms with Crippen LogP contribution in [0, 0.1) is 10.1 Å². The Morgan fingerprint density at radius 2 is 1.79 bits per heavy atom. The lowest BCUT2D eigenvalue weighted by molar-refractivity contribution is -0.385. The van der Waals surface area contributed by atoms with Crippen LogP contribution in [-0.2, 0) is 9.53 Å². The summed E-state index contributed by atoms with van der Waals surface area (Å²) in [5.74, 6) is -3.03. The number of nitrogens with one attached hydrogen (secondary N) is 1. The Hall–Kier alpha value is -4.49. The van der Waals surface area contributed by atoms with Gasteiger partial charge in [-0.15, -0.1) is 0 Å². The molecular formula is C20H16F2N2O10. The van der Waals surface area contributed by atoms with Gasteiger partial charge >= 0.3 is 12.6 Å². The highest BCUT2D eigenvalue weighted by Gasteiger charge is 2.28. The first-order valence-corrected chi connectivity index (χ1v) is 9.33. The van der Waals surface area contributed by atoms with Gasteiger partial charge in [-0.05, 0) is 13.0 Å². The summed E-state index contributed by atoms with van der Waals surface area (Å²) in [6.07, 6.45) is 0. The summed E-state index contributed by atoms with van der Waals surface area (Å²) in [4.78, 5) is 46.9. The van der Waals surface area contributed by atoms with Crippen LogP contribution in [0.2, 0.25) is 0 Å². The molecule has 2 aromatic rings. The van der Waals surface area contributed by atoms with Crippen molar-refractivity contribution in [2.75, 3.05) is 25.8 Å². The quantitative estimate of drug-likeness (QED) is 0.244. The molecule has 0 radical (unpaired) electrons. The molecule has 2 aromatic carbocycles. The molecule has 0 spiro atoms. The third-order valence-electron chi connectivity index (χ3n) is 4.42. The Balaban J connectivity index is 1.76. The van der Waals surface area contributed by atoms with Crippen LogP contribution in [0.25, 0.3) is 0 Å². The van der Waals surface area contributed by atoms with Gasteiger partial charge < -0.3 is 29.0 Å². The summed E-state index contributed by atoms with van der Waals surface area (Å²) in [7, 11) is 1.07. The number of nitro groups is 1. The number of esters is 1. The number of benzene rings is 2. The maximum Gasteiger partial charge on any atom is 0.387 e. The number of anilines is 1. The topological polar surface area (TPSA) is 153 Å². The number of nitro benzene ring substituents is 1. The molecule has 0 bridgehead atoms. The van der Waals surface area contributed by atoms with Gasteiger partial charge in [0.2, 0.25) is 6.79 Å². The molecule has 1 aliphatic rings. The summed E-state index contributed by atoms with van der Waals surface area (Å²) in [6, 6.07) is 4.09. The van der Waals surface area contributed by atoms with Crippen molar-refractivity contribution in [3.63, 3.8) is 0 Å². The first kappa shape index (κ1) is 24.2. The standard InChI is InChI=1S/C20H16F2N2O10/c1-9(25)10-3-15-16(33-8-32-15)5-12(10)23-18(26)7-31-19(27)11-4-14(30-2)17(34-20(21)22)6-13(11)24(28)29/h3-6,20H,7-8H2,1-2H3,(H,23,26). The zero-order chi connectivity index (χ0) is 25.0. The minimum absolute atomic E-state index is 0.0644. The zero-order valence-electron chi connectivity index (χ0n) is 17.6. The van der Waals surface area contributed by atoms with Crippen LogP contribution in [0.5, 0.6) is 23.0 Å². The predicted octanol–water partition coefficient (Wildman–Crippen LogP) is 2.93. The van der Waals surface area contributed by atoms with Crippen molar-refractivity contribution in [3.05, 3.63) is 45.5 Å². The van der Waals surface area contributed by atoms with Crippen LogP contribution < -0.4 is 24.3 Å². The van der Waals surface area contributed by atoms with Gasteiger partial charge in [0.15, 0.2) is 35.4 Å². The number of halogens is 2. The Bertz CT molecular complexity index is 1170. The zero-order valence-corrected chi connectivity index (χ0v) is 17.6. The van der Waals surface area contributed by atoms with E-state index in [2.05, 4.69) is 10.1 Å². The molecule has 1 aliphatic heterocycles. The minimum atomic E-state index is -3.30. The number of carbonyl (C=O) groups excluding carboxylic acids is 3. The van der Waals surface area contributed by atoms with E-state index in [4.69, 9.17) is 18.9 Å². The second-order valence-electron chi connectivity index (χ2n) is 6.59. The first-order valence-electron chi connectivity index (χ1n) is 9.33. The van der Waals surface area contributed by atoms with Crippen LogP contribution in [0.15, 0.2) is 24.3 Å². The van der Waals surface area contributed by atoms with Gasteiger partial charge in [0.25, 0.3) is 11.6 Å². The average molecular weight is 482 g/mol. The van der Waals surface area contributed by atoms with E-state index in [9.17, 15) is 33.3 Å². The Labute approximate surface area is 189 Å². The minimum Gasteiger partial charge on any atom is -0.493 e. The van der Waals surface area contributed by atoms with E-state index in [0.29, 0.717) is 11.8 Å².